The highest BCUT2D eigenvalue weighted by Crippen LogP contribution is 2.46. The molecule has 1 saturated carbocycles. The monoisotopic (exact) mass is 631 g/mol. The molecule has 6 rings (SSSR count). The molecule has 0 spiro atoms. The van der Waals surface area contributed by atoms with Gasteiger partial charge < -0.3 is 24.3 Å². The number of hydrogen-bond acceptors (Lipinski definition) is 8. The Morgan fingerprint density at radius 1 is 1.27 bits per heavy atom. The quantitative estimate of drug-likeness (QED) is 0.298. The van der Waals surface area contributed by atoms with Crippen LogP contribution in [0.1, 0.15) is 37.4 Å². The number of aromatic nitrogens is 2. The fraction of sp³-hybridized carbons (Fsp3) is 0.471. The van der Waals surface area contributed by atoms with Gasteiger partial charge in [0.1, 0.15) is 11.6 Å². The molecule has 9 nitrogen and oxygen atoms in total. The Bertz CT molecular complexity index is 1670. The number of anilines is 2. The van der Waals surface area contributed by atoms with Gasteiger partial charge in [-0.1, -0.05) is 36.4 Å². The number of fused-ring (bicyclic) bond motifs is 2. The van der Waals surface area contributed by atoms with E-state index >= 15 is 0 Å². The van der Waals surface area contributed by atoms with E-state index in [1.807, 2.05) is 18.2 Å². The Morgan fingerprint density at radius 2 is 2.07 bits per heavy atom. The van der Waals surface area contributed by atoms with Gasteiger partial charge in [-0.05, 0) is 63.9 Å². The number of rotatable bonds is 9. The van der Waals surface area contributed by atoms with E-state index < -0.39 is 5.82 Å². The molecule has 0 N–H and O–H groups in total. The van der Waals surface area contributed by atoms with Gasteiger partial charge in [0, 0.05) is 54.3 Å². The van der Waals surface area contributed by atoms with Crippen molar-refractivity contribution in [3.8, 4) is 12.1 Å². The van der Waals surface area contributed by atoms with Crippen molar-refractivity contribution in [1.82, 2.24) is 19.8 Å². The molecular formula is C34H39ClFN7O2. The van der Waals surface area contributed by atoms with Crippen LogP contribution in [0.3, 0.4) is 0 Å². The largest absolute Gasteiger partial charge is 0.463 e. The van der Waals surface area contributed by atoms with Crippen molar-refractivity contribution >= 4 is 39.8 Å². The van der Waals surface area contributed by atoms with Crippen LogP contribution in [-0.4, -0.2) is 84.6 Å². The number of carbonyl (C=O) groups excluding carboxylic acids is 1. The van der Waals surface area contributed by atoms with Gasteiger partial charge in [0.05, 0.1) is 42.4 Å². The number of ether oxygens (including phenoxy) is 1. The van der Waals surface area contributed by atoms with Gasteiger partial charge in [-0.2, -0.15) is 15.2 Å². The van der Waals surface area contributed by atoms with E-state index in [1.165, 1.54) is 12.1 Å². The van der Waals surface area contributed by atoms with E-state index in [1.54, 1.807) is 11.0 Å². The minimum atomic E-state index is -0.449. The van der Waals surface area contributed by atoms with Crippen LogP contribution in [0.2, 0.25) is 5.02 Å². The second-order valence-corrected chi connectivity index (χ2v) is 13.3. The third-order valence-electron chi connectivity index (χ3n) is 9.31. The molecule has 2 aromatic carbocycles. The van der Waals surface area contributed by atoms with Crippen molar-refractivity contribution in [2.24, 2.45) is 5.41 Å². The van der Waals surface area contributed by atoms with Crippen molar-refractivity contribution in [3.05, 3.63) is 65.1 Å². The molecule has 45 heavy (non-hydrogen) atoms. The highest BCUT2D eigenvalue weighted by molar-refractivity contribution is 6.36. The van der Waals surface area contributed by atoms with Gasteiger partial charge in [0.2, 0.25) is 5.91 Å². The van der Waals surface area contributed by atoms with Crippen molar-refractivity contribution < 1.29 is 13.9 Å². The first-order valence-corrected chi connectivity index (χ1v) is 15.9. The van der Waals surface area contributed by atoms with Gasteiger partial charge >= 0.3 is 6.01 Å². The number of benzene rings is 2. The molecule has 236 valence electrons. The summed E-state index contributed by atoms with van der Waals surface area (Å²) in [7, 11) is 4.15. The molecule has 0 radical (unpaired) electrons. The third kappa shape index (κ3) is 6.16. The molecule has 1 amide bonds. The summed E-state index contributed by atoms with van der Waals surface area (Å²) in [6, 6.07) is 11.4. The molecule has 3 aliphatic rings. The van der Waals surface area contributed by atoms with E-state index in [9.17, 15) is 14.4 Å². The third-order valence-corrected chi connectivity index (χ3v) is 9.68. The normalized spacial score (nSPS) is 20.6. The first-order valence-electron chi connectivity index (χ1n) is 15.5. The Kier molecular flexibility index (Phi) is 8.59. The maximum atomic E-state index is 14.6. The van der Waals surface area contributed by atoms with Crippen LogP contribution in [0.5, 0.6) is 6.01 Å². The molecule has 0 bridgehead atoms. The average Bonchev–Trinajstić information content (AvgIpc) is 3.79. The molecule has 11 heteroatoms. The summed E-state index contributed by atoms with van der Waals surface area (Å²) in [6.07, 6.45) is 4.36. The Labute approximate surface area is 268 Å². The molecule has 1 unspecified atom stereocenters. The summed E-state index contributed by atoms with van der Waals surface area (Å²) in [5.74, 6) is 0.165. The van der Waals surface area contributed by atoms with Gasteiger partial charge in [-0.3, -0.25) is 4.79 Å². The maximum Gasteiger partial charge on any atom is 0.318 e. The summed E-state index contributed by atoms with van der Waals surface area (Å²) in [4.78, 5) is 30.9. The first kappa shape index (κ1) is 31.1. The summed E-state index contributed by atoms with van der Waals surface area (Å²) < 4.78 is 21.0. The lowest BCUT2D eigenvalue weighted by molar-refractivity contribution is -0.128. The standard InChI is InChI=1S/C34H39ClFN7O2/c1-5-29(44)42-16-15-41(18-24(42)11-14-37)32-25-17-22(2)43(28-8-6-7-23-9-10-26(36)31(35)30(23)28)19-27(25)38-33(39-32)45-21-34(12-13-34)20-40(3)4/h5-10,22,24H,1,11-13,15-21H2,2-4H3/t22-,24?/m0/s1. The van der Waals surface area contributed by atoms with Gasteiger partial charge in [-0.15, -0.1) is 0 Å². The summed E-state index contributed by atoms with van der Waals surface area (Å²) >= 11 is 6.55. The zero-order valence-corrected chi connectivity index (χ0v) is 26.9. The van der Waals surface area contributed by atoms with Crippen LogP contribution in [-0.2, 0) is 17.8 Å². The summed E-state index contributed by atoms with van der Waals surface area (Å²) in [5, 5.41) is 11.2. The maximum absolute atomic E-state index is 14.6. The van der Waals surface area contributed by atoms with Crippen molar-refractivity contribution in [2.45, 2.75) is 51.2 Å². The van der Waals surface area contributed by atoms with Crippen molar-refractivity contribution in [1.29, 1.82) is 5.26 Å². The smallest absolute Gasteiger partial charge is 0.318 e. The summed E-state index contributed by atoms with van der Waals surface area (Å²) in [6.45, 7) is 9.20. The first-order chi connectivity index (χ1) is 21.6. The second-order valence-electron chi connectivity index (χ2n) is 12.9. The lowest BCUT2D eigenvalue weighted by Gasteiger charge is -2.43. The molecule has 2 fully saturated rings. The van der Waals surface area contributed by atoms with Crippen molar-refractivity contribution in [3.63, 3.8) is 0 Å². The average molecular weight is 632 g/mol. The molecular weight excluding hydrogens is 593 g/mol. The fourth-order valence-corrected chi connectivity index (χ4v) is 7.15. The minimum Gasteiger partial charge on any atom is -0.463 e. The molecule has 1 aliphatic carbocycles. The van der Waals surface area contributed by atoms with Crippen LogP contribution >= 0.6 is 11.6 Å². The molecule has 2 aliphatic heterocycles. The predicted octanol–water partition coefficient (Wildman–Crippen LogP) is 5.21. The minimum absolute atomic E-state index is 0.0323. The number of carbonyl (C=O) groups is 1. The molecule has 3 aromatic rings. The second kappa shape index (κ2) is 12.5. The van der Waals surface area contributed by atoms with E-state index in [0.29, 0.717) is 50.6 Å². The Morgan fingerprint density at radius 3 is 2.78 bits per heavy atom. The molecule has 3 heterocycles. The van der Waals surface area contributed by atoms with E-state index in [-0.39, 0.29) is 34.8 Å². The lowest BCUT2D eigenvalue weighted by Crippen LogP contribution is -2.55. The van der Waals surface area contributed by atoms with Crippen LogP contribution < -0.4 is 14.5 Å². The number of nitrogens with zero attached hydrogens (tertiary/aromatic N) is 7. The lowest BCUT2D eigenvalue weighted by atomic mass is 9.96. The number of halogens is 2. The predicted molar refractivity (Wildman–Crippen MR) is 174 cm³/mol. The van der Waals surface area contributed by atoms with Crippen LogP contribution in [0.4, 0.5) is 15.9 Å². The van der Waals surface area contributed by atoms with Crippen molar-refractivity contribution in [2.75, 3.05) is 56.7 Å². The van der Waals surface area contributed by atoms with Crippen LogP contribution in [0, 0.1) is 22.6 Å². The van der Waals surface area contributed by atoms with Crippen LogP contribution in [0.15, 0.2) is 43.0 Å². The highest BCUT2D eigenvalue weighted by Gasteiger charge is 2.44. The summed E-state index contributed by atoms with van der Waals surface area (Å²) in [5.41, 5.74) is 2.82. The molecule has 1 saturated heterocycles. The number of nitriles is 1. The molecule has 2 atom stereocenters. The number of amides is 1. The zero-order valence-electron chi connectivity index (χ0n) is 26.1. The van der Waals surface area contributed by atoms with Crippen LogP contribution in [0.25, 0.3) is 10.8 Å². The van der Waals surface area contributed by atoms with E-state index in [2.05, 4.69) is 48.4 Å². The number of hydrogen-bond donors (Lipinski definition) is 0. The Hall–Kier alpha value is -3.94. The van der Waals surface area contributed by atoms with Gasteiger partial charge in [-0.25, -0.2) is 4.39 Å². The van der Waals surface area contributed by atoms with Gasteiger partial charge in [0.25, 0.3) is 0 Å². The highest BCUT2D eigenvalue weighted by atomic mass is 35.5. The Balaban J connectivity index is 1.38. The van der Waals surface area contributed by atoms with E-state index in [4.69, 9.17) is 26.3 Å². The van der Waals surface area contributed by atoms with E-state index in [0.717, 1.165) is 47.5 Å². The number of piperazine rings is 1. The zero-order chi connectivity index (χ0) is 31.9. The molecule has 1 aromatic heterocycles. The topological polar surface area (TPSA) is 88.8 Å². The fourth-order valence-electron chi connectivity index (χ4n) is 6.89. The SMILES string of the molecule is C=CC(=O)N1CCN(c2nc(OCC3(CN(C)C)CC3)nc3c2C[C@H](C)N(c2cccc4ccc(F)c(Cl)c24)C3)CC1CC#N. The van der Waals surface area contributed by atoms with Gasteiger partial charge in [0.15, 0.2) is 0 Å².